The zero-order valence-electron chi connectivity index (χ0n) is 11.3. The topological polar surface area (TPSA) is 80.9 Å². The number of hydrogen-bond acceptors (Lipinski definition) is 4. The second-order valence-corrected chi connectivity index (χ2v) is 6.17. The number of nitrogens with zero attached hydrogens (tertiary/aromatic N) is 2. The summed E-state index contributed by atoms with van der Waals surface area (Å²) >= 11 is 0. The highest BCUT2D eigenvalue weighted by atomic mass is 16.2. The van der Waals surface area contributed by atoms with Crippen molar-refractivity contribution < 1.29 is 4.79 Å². The van der Waals surface area contributed by atoms with E-state index >= 15 is 0 Å². The van der Waals surface area contributed by atoms with Crippen LogP contribution in [0, 0.1) is 12.3 Å². The van der Waals surface area contributed by atoms with Gasteiger partial charge >= 0.3 is 0 Å². The fraction of sp³-hybridized carbons (Fsp3) is 0.643. The maximum Gasteiger partial charge on any atom is 0.231 e. The van der Waals surface area contributed by atoms with E-state index in [1.807, 2.05) is 6.92 Å². The van der Waals surface area contributed by atoms with Crippen molar-refractivity contribution in [3.8, 4) is 0 Å². The molecule has 1 aromatic heterocycles. The molecule has 2 atom stereocenters. The molecule has 102 valence electrons. The molecule has 2 aliphatic carbocycles. The molecule has 1 heterocycles. The van der Waals surface area contributed by atoms with E-state index in [-0.39, 0.29) is 16.9 Å². The number of aryl methyl sites for hydroxylation is 1. The lowest BCUT2D eigenvalue weighted by molar-refractivity contribution is -0.126. The lowest BCUT2D eigenvalue weighted by atomic mass is 9.72. The van der Waals surface area contributed by atoms with Crippen LogP contribution >= 0.6 is 0 Å². The van der Waals surface area contributed by atoms with Crippen LogP contribution in [-0.2, 0) is 4.79 Å². The molecule has 2 unspecified atom stereocenters. The van der Waals surface area contributed by atoms with Gasteiger partial charge in [0.2, 0.25) is 5.91 Å². The van der Waals surface area contributed by atoms with Crippen molar-refractivity contribution in [3.63, 3.8) is 0 Å². The van der Waals surface area contributed by atoms with Gasteiger partial charge in [-0.2, -0.15) is 0 Å². The quantitative estimate of drug-likeness (QED) is 0.849. The smallest absolute Gasteiger partial charge is 0.231 e. The summed E-state index contributed by atoms with van der Waals surface area (Å²) in [6.07, 6.45) is 8.97. The Balaban J connectivity index is 1.77. The Hall–Kier alpha value is -1.49. The Morgan fingerprint density at radius 3 is 2.95 bits per heavy atom. The van der Waals surface area contributed by atoms with Crippen LogP contribution < -0.4 is 11.1 Å². The number of aromatic nitrogens is 2. The van der Waals surface area contributed by atoms with E-state index in [1.54, 1.807) is 12.4 Å². The molecule has 0 aromatic carbocycles. The maximum atomic E-state index is 12.6. The molecule has 0 spiro atoms. The second kappa shape index (κ2) is 4.27. The van der Waals surface area contributed by atoms with Crippen LogP contribution in [0.5, 0.6) is 0 Å². The minimum absolute atomic E-state index is 0.0689. The van der Waals surface area contributed by atoms with Crippen molar-refractivity contribution in [1.29, 1.82) is 0 Å². The van der Waals surface area contributed by atoms with Gasteiger partial charge in [0.05, 0.1) is 17.3 Å². The van der Waals surface area contributed by atoms with E-state index in [0.29, 0.717) is 5.82 Å². The fourth-order valence-corrected chi connectivity index (χ4v) is 3.62. The van der Waals surface area contributed by atoms with E-state index < -0.39 is 0 Å². The number of amides is 1. The molecule has 5 nitrogen and oxygen atoms in total. The monoisotopic (exact) mass is 260 g/mol. The van der Waals surface area contributed by atoms with Gasteiger partial charge in [0, 0.05) is 11.7 Å². The zero-order valence-corrected chi connectivity index (χ0v) is 11.3. The Morgan fingerprint density at radius 2 is 2.16 bits per heavy atom. The molecule has 1 amide bonds. The van der Waals surface area contributed by atoms with Crippen LogP contribution in [0.2, 0.25) is 0 Å². The number of nitrogens with one attached hydrogen (secondary N) is 1. The van der Waals surface area contributed by atoms with Gasteiger partial charge in [-0.05, 0) is 39.0 Å². The van der Waals surface area contributed by atoms with Crippen molar-refractivity contribution >= 4 is 11.7 Å². The molecule has 1 aromatic rings. The van der Waals surface area contributed by atoms with Crippen molar-refractivity contribution in [1.82, 2.24) is 9.97 Å². The summed E-state index contributed by atoms with van der Waals surface area (Å²) in [6, 6.07) is 0. The number of carbonyl (C=O) groups is 1. The molecule has 3 rings (SSSR count). The number of carbonyl (C=O) groups excluding carboxylic acids is 1. The summed E-state index contributed by atoms with van der Waals surface area (Å²) in [5.74, 6) is 0.610. The molecule has 2 aliphatic rings. The van der Waals surface area contributed by atoms with Crippen LogP contribution in [-0.4, -0.2) is 21.4 Å². The molecule has 0 saturated heterocycles. The average molecular weight is 260 g/mol. The van der Waals surface area contributed by atoms with Crippen molar-refractivity contribution in [2.75, 3.05) is 5.32 Å². The summed E-state index contributed by atoms with van der Waals surface area (Å²) in [5, 5.41) is 2.92. The lowest BCUT2D eigenvalue weighted by Crippen LogP contribution is -2.45. The first kappa shape index (κ1) is 12.5. The Kier molecular flexibility index (Phi) is 2.82. The van der Waals surface area contributed by atoms with Gasteiger partial charge in [-0.15, -0.1) is 0 Å². The highest BCUT2D eigenvalue weighted by Crippen LogP contribution is 2.52. The number of fused-ring (bicyclic) bond motifs is 2. The third-order valence-electron chi connectivity index (χ3n) is 4.60. The standard InChI is InChI=1S/C14H20N4O/c1-10-7-16-8-11(17-10)18-12(19)13-3-2-4-14(15,9-13)6-5-13/h7-8H,2-6,9,15H2,1H3,(H,17,18,19). The van der Waals surface area contributed by atoms with Crippen LogP contribution in [0.3, 0.4) is 0 Å². The Bertz CT molecular complexity index is 518. The van der Waals surface area contributed by atoms with E-state index in [9.17, 15) is 4.79 Å². The van der Waals surface area contributed by atoms with Crippen molar-refractivity contribution in [3.05, 3.63) is 18.1 Å². The van der Waals surface area contributed by atoms with E-state index in [2.05, 4.69) is 15.3 Å². The van der Waals surface area contributed by atoms with Crippen LogP contribution in [0.15, 0.2) is 12.4 Å². The first-order chi connectivity index (χ1) is 9.01. The minimum Gasteiger partial charge on any atom is -0.325 e. The molecular weight excluding hydrogens is 240 g/mol. The molecule has 19 heavy (non-hydrogen) atoms. The van der Waals surface area contributed by atoms with E-state index in [0.717, 1.165) is 44.2 Å². The fourth-order valence-electron chi connectivity index (χ4n) is 3.62. The second-order valence-electron chi connectivity index (χ2n) is 6.17. The van der Waals surface area contributed by atoms with Gasteiger partial charge in [-0.25, -0.2) is 4.98 Å². The first-order valence-electron chi connectivity index (χ1n) is 6.91. The van der Waals surface area contributed by atoms with Gasteiger partial charge < -0.3 is 11.1 Å². The average Bonchev–Trinajstić information content (AvgIpc) is 2.61. The molecule has 3 N–H and O–H groups in total. The number of rotatable bonds is 2. The Labute approximate surface area is 113 Å². The molecule has 2 bridgehead atoms. The minimum atomic E-state index is -0.279. The maximum absolute atomic E-state index is 12.6. The molecular formula is C14H20N4O. The van der Waals surface area contributed by atoms with Gasteiger partial charge in [0.25, 0.3) is 0 Å². The number of nitrogens with two attached hydrogens (primary N) is 1. The molecule has 0 aliphatic heterocycles. The van der Waals surface area contributed by atoms with E-state index in [4.69, 9.17) is 5.73 Å². The van der Waals surface area contributed by atoms with Gasteiger partial charge in [0.1, 0.15) is 0 Å². The zero-order chi connectivity index (χ0) is 13.5. The largest absolute Gasteiger partial charge is 0.325 e. The van der Waals surface area contributed by atoms with Gasteiger partial charge in [-0.3, -0.25) is 9.78 Å². The van der Waals surface area contributed by atoms with Crippen molar-refractivity contribution in [2.24, 2.45) is 11.1 Å². The SMILES string of the molecule is Cc1cncc(NC(=O)C23CCCC(N)(CC2)C3)n1. The third-order valence-corrected chi connectivity index (χ3v) is 4.60. The molecule has 2 saturated carbocycles. The summed E-state index contributed by atoms with van der Waals surface area (Å²) in [5.41, 5.74) is 6.74. The predicted octanol–water partition coefficient (Wildman–Crippen LogP) is 1.78. The van der Waals surface area contributed by atoms with Crippen LogP contribution in [0.1, 0.15) is 44.2 Å². The lowest BCUT2D eigenvalue weighted by Gasteiger charge is -2.36. The summed E-state index contributed by atoms with van der Waals surface area (Å²) in [4.78, 5) is 20.9. The highest BCUT2D eigenvalue weighted by Gasteiger charge is 2.53. The van der Waals surface area contributed by atoms with Crippen LogP contribution in [0.25, 0.3) is 0 Å². The molecule has 0 radical (unpaired) electrons. The summed E-state index contributed by atoms with van der Waals surface area (Å²) < 4.78 is 0. The number of hydrogen-bond donors (Lipinski definition) is 2. The number of anilines is 1. The van der Waals surface area contributed by atoms with Gasteiger partial charge in [0.15, 0.2) is 5.82 Å². The Morgan fingerprint density at radius 1 is 1.32 bits per heavy atom. The van der Waals surface area contributed by atoms with E-state index in [1.165, 1.54) is 0 Å². The summed E-state index contributed by atoms with van der Waals surface area (Å²) in [6.45, 7) is 1.86. The molecule has 2 fully saturated rings. The first-order valence-corrected chi connectivity index (χ1v) is 6.91. The summed E-state index contributed by atoms with van der Waals surface area (Å²) in [7, 11) is 0. The molecule has 5 heteroatoms. The van der Waals surface area contributed by atoms with Crippen molar-refractivity contribution in [2.45, 2.75) is 51.0 Å². The van der Waals surface area contributed by atoms with Crippen LogP contribution in [0.4, 0.5) is 5.82 Å². The highest BCUT2D eigenvalue weighted by molar-refractivity contribution is 5.95. The third kappa shape index (κ3) is 2.23. The predicted molar refractivity (Wildman–Crippen MR) is 72.5 cm³/mol. The normalized spacial score (nSPS) is 33.2. The van der Waals surface area contributed by atoms with Gasteiger partial charge in [-0.1, -0.05) is 6.42 Å².